The molecule has 1 heteroatoms. The van der Waals surface area contributed by atoms with Crippen LogP contribution in [-0.4, -0.2) is 0 Å². The van der Waals surface area contributed by atoms with Crippen LogP contribution in [0.4, 0.5) is 0 Å². The highest BCUT2D eigenvalue weighted by Gasteiger charge is 2.52. The zero-order valence-electron chi connectivity index (χ0n) is 15.0. The molecule has 0 bridgehead atoms. The van der Waals surface area contributed by atoms with Crippen molar-refractivity contribution in [2.24, 2.45) is 0 Å². The summed E-state index contributed by atoms with van der Waals surface area (Å²) < 4.78 is 1.34. The van der Waals surface area contributed by atoms with Gasteiger partial charge in [0.25, 0.3) is 0 Å². The van der Waals surface area contributed by atoms with Crippen LogP contribution >= 0.6 is 22.6 Å². The maximum atomic E-state index is 2.53. The van der Waals surface area contributed by atoms with Crippen LogP contribution in [0, 0.1) is 10.5 Å². The van der Waals surface area contributed by atoms with Gasteiger partial charge in [-0.05, 0) is 85.7 Å². The van der Waals surface area contributed by atoms with E-state index in [9.17, 15) is 0 Å². The molecule has 0 radical (unpaired) electrons. The summed E-state index contributed by atoms with van der Waals surface area (Å²) >= 11 is 2.53. The lowest BCUT2D eigenvalue weighted by molar-refractivity contribution is 0.781. The van der Waals surface area contributed by atoms with Crippen molar-refractivity contribution in [1.29, 1.82) is 0 Å². The van der Waals surface area contributed by atoms with E-state index in [1.807, 2.05) is 0 Å². The van der Waals surface area contributed by atoms with Crippen molar-refractivity contribution < 1.29 is 0 Å². The Balaban J connectivity index is 1.92. The van der Waals surface area contributed by atoms with Gasteiger partial charge in [-0.25, -0.2) is 0 Å². The number of benzene rings is 4. The average Bonchev–Trinajstić information content (AvgIpc) is 3.17. The fourth-order valence-electron chi connectivity index (χ4n) is 5.42. The van der Waals surface area contributed by atoms with Gasteiger partial charge >= 0.3 is 0 Å². The second-order valence-corrected chi connectivity index (χ2v) is 8.66. The zero-order valence-corrected chi connectivity index (χ0v) is 17.1. The van der Waals surface area contributed by atoms with Crippen LogP contribution in [0.3, 0.4) is 0 Å². The summed E-state index contributed by atoms with van der Waals surface area (Å²) in [6.45, 7) is 2.27. The zero-order chi connectivity index (χ0) is 18.2. The predicted octanol–water partition coefficient (Wildman–Crippen LogP) is 6.94. The number of hydrogen-bond donors (Lipinski definition) is 0. The molecule has 27 heavy (non-hydrogen) atoms. The molecule has 0 aliphatic heterocycles. The molecule has 0 amide bonds. The van der Waals surface area contributed by atoms with Crippen LogP contribution < -0.4 is 0 Å². The van der Waals surface area contributed by atoms with E-state index in [1.165, 1.54) is 53.6 Å². The summed E-state index contributed by atoms with van der Waals surface area (Å²) in [5.74, 6) is 0. The fourth-order valence-corrected chi connectivity index (χ4v) is 6.32. The van der Waals surface area contributed by atoms with Crippen LogP contribution in [-0.2, 0) is 5.41 Å². The topological polar surface area (TPSA) is 0 Å². The maximum Gasteiger partial charge on any atom is 0.0738 e. The lowest BCUT2D eigenvalue weighted by atomic mass is 9.69. The quantitative estimate of drug-likeness (QED) is 0.217. The van der Waals surface area contributed by atoms with E-state index < -0.39 is 0 Å². The van der Waals surface area contributed by atoms with E-state index in [1.54, 1.807) is 0 Å². The Morgan fingerprint density at radius 2 is 1.07 bits per heavy atom. The van der Waals surface area contributed by atoms with E-state index in [2.05, 4.69) is 114 Å². The van der Waals surface area contributed by atoms with Gasteiger partial charge in [-0.2, -0.15) is 0 Å². The number of hydrogen-bond acceptors (Lipinski definition) is 0. The second-order valence-electron chi connectivity index (χ2n) is 7.50. The third-order valence-electron chi connectivity index (χ3n) is 6.28. The molecule has 0 N–H and O–H groups in total. The van der Waals surface area contributed by atoms with Gasteiger partial charge in [-0.15, -0.1) is 0 Å². The fraction of sp³-hybridized carbons (Fsp3) is 0.0769. The number of fused-ring (bicyclic) bond motifs is 10. The highest BCUT2D eigenvalue weighted by Crippen LogP contribution is 2.63. The Bertz CT molecular complexity index is 1150. The normalized spacial score (nSPS) is 18.1. The van der Waals surface area contributed by atoms with Crippen LogP contribution in [0.25, 0.3) is 22.3 Å². The first kappa shape index (κ1) is 15.6. The number of rotatable bonds is 0. The first-order valence-corrected chi connectivity index (χ1v) is 10.4. The lowest BCUT2D eigenvalue weighted by Crippen LogP contribution is -2.27. The monoisotopic (exact) mass is 456 g/mol. The minimum atomic E-state index is -0.207. The Kier molecular flexibility index (Phi) is 3.09. The summed E-state index contributed by atoms with van der Waals surface area (Å²) in [5.41, 5.74) is 12.4. The van der Waals surface area contributed by atoms with Crippen molar-refractivity contribution in [2.45, 2.75) is 12.3 Å². The van der Waals surface area contributed by atoms with Crippen molar-refractivity contribution in [3.05, 3.63) is 116 Å². The molecule has 6 rings (SSSR count). The molecular weight excluding hydrogens is 439 g/mol. The molecule has 4 aromatic carbocycles. The summed E-state index contributed by atoms with van der Waals surface area (Å²) in [6, 6.07) is 31.5. The first-order valence-electron chi connectivity index (χ1n) is 9.33. The molecule has 2 aliphatic carbocycles. The summed E-state index contributed by atoms with van der Waals surface area (Å²) in [4.78, 5) is 0. The van der Waals surface area contributed by atoms with Crippen molar-refractivity contribution in [3.8, 4) is 22.3 Å². The molecule has 0 heterocycles. The standard InChI is InChI=1S/C26H17I/c1-16-8-6-11-19-17-9-2-4-13-21(17)26(24(16)19)22-14-5-3-10-18(22)20-12-7-15-23(27)25(20)26/h2-15H,1H3. The second kappa shape index (κ2) is 5.32. The first-order chi connectivity index (χ1) is 13.2. The Morgan fingerprint density at radius 3 is 1.74 bits per heavy atom. The van der Waals surface area contributed by atoms with E-state index in [4.69, 9.17) is 0 Å². The van der Waals surface area contributed by atoms with Crippen molar-refractivity contribution in [2.75, 3.05) is 0 Å². The predicted molar refractivity (Wildman–Crippen MR) is 120 cm³/mol. The van der Waals surface area contributed by atoms with Crippen molar-refractivity contribution in [1.82, 2.24) is 0 Å². The van der Waals surface area contributed by atoms with E-state index in [0.717, 1.165) is 0 Å². The smallest absolute Gasteiger partial charge is 0.0619 e. The van der Waals surface area contributed by atoms with E-state index in [0.29, 0.717) is 0 Å². The lowest BCUT2D eigenvalue weighted by Gasteiger charge is -2.32. The number of halogens is 1. The van der Waals surface area contributed by atoms with E-state index in [-0.39, 0.29) is 5.41 Å². The largest absolute Gasteiger partial charge is 0.0738 e. The van der Waals surface area contributed by atoms with Crippen LogP contribution in [0.1, 0.15) is 27.8 Å². The number of aryl methyl sites for hydroxylation is 1. The Labute approximate surface area is 173 Å². The molecule has 128 valence electrons. The molecule has 0 saturated heterocycles. The van der Waals surface area contributed by atoms with Gasteiger partial charge in [0, 0.05) is 3.57 Å². The molecular formula is C26H17I. The molecule has 0 saturated carbocycles. The molecule has 4 aromatic rings. The summed E-state index contributed by atoms with van der Waals surface area (Å²) in [5, 5.41) is 0. The molecule has 1 atom stereocenters. The Morgan fingerprint density at radius 1 is 0.556 bits per heavy atom. The van der Waals surface area contributed by atoms with Gasteiger partial charge in [0.2, 0.25) is 0 Å². The summed E-state index contributed by atoms with van der Waals surface area (Å²) in [6.07, 6.45) is 0. The van der Waals surface area contributed by atoms with Crippen molar-refractivity contribution in [3.63, 3.8) is 0 Å². The van der Waals surface area contributed by atoms with Gasteiger partial charge in [0.15, 0.2) is 0 Å². The third kappa shape index (κ3) is 1.74. The molecule has 1 spiro atoms. The minimum absolute atomic E-state index is 0.207. The maximum absolute atomic E-state index is 2.53. The molecule has 0 aromatic heterocycles. The van der Waals surface area contributed by atoms with Gasteiger partial charge in [0.1, 0.15) is 0 Å². The van der Waals surface area contributed by atoms with Gasteiger partial charge in [-0.1, -0.05) is 78.9 Å². The van der Waals surface area contributed by atoms with Gasteiger partial charge in [-0.3, -0.25) is 0 Å². The van der Waals surface area contributed by atoms with Crippen LogP contribution in [0.5, 0.6) is 0 Å². The average molecular weight is 456 g/mol. The van der Waals surface area contributed by atoms with Gasteiger partial charge in [0.05, 0.1) is 5.41 Å². The SMILES string of the molecule is Cc1cccc2c1C1(c3ccccc3-2)c2ccccc2-c2cccc(I)c21. The third-order valence-corrected chi connectivity index (χ3v) is 7.18. The highest BCUT2D eigenvalue weighted by atomic mass is 127. The van der Waals surface area contributed by atoms with Gasteiger partial charge < -0.3 is 0 Å². The van der Waals surface area contributed by atoms with Crippen LogP contribution in [0.15, 0.2) is 84.9 Å². The molecule has 0 nitrogen and oxygen atoms in total. The minimum Gasteiger partial charge on any atom is -0.0619 e. The highest BCUT2D eigenvalue weighted by molar-refractivity contribution is 14.1. The van der Waals surface area contributed by atoms with Crippen molar-refractivity contribution >= 4 is 22.6 Å². The van der Waals surface area contributed by atoms with Crippen LogP contribution in [0.2, 0.25) is 0 Å². The molecule has 2 aliphatic rings. The summed E-state index contributed by atoms with van der Waals surface area (Å²) in [7, 11) is 0. The Hall–Kier alpha value is -2.39. The molecule has 1 unspecified atom stereocenters. The molecule has 0 fully saturated rings. The van der Waals surface area contributed by atoms with E-state index >= 15 is 0 Å².